The Balaban J connectivity index is 2.18. The maximum absolute atomic E-state index is 13.2. The molecular formula is C21H23N5O3. The van der Waals surface area contributed by atoms with Crippen molar-refractivity contribution in [1.29, 1.82) is 5.26 Å². The highest BCUT2D eigenvalue weighted by atomic mass is 16.5. The minimum atomic E-state index is -0.570. The van der Waals surface area contributed by atoms with E-state index in [9.17, 15) is 14.9 Å². The summed E-state index contributed by atoms with van der Waals surface area (Å²) < 4.78 is 7.19. The monoisotopic (exact) mass is 393 g/mol. The number of ether oxygens (including phenoxy) is 1. The third-order valence-electron chi connectivity index (χ3n) is 4.53. The summed E-state index contributed by atoms with van der Waals surface area (Å²) in [5.74, 6) is -0.132. The molecule has 1 aliphatic heterocycles. The van der Waals surface area contributed by atoms with Crippen LogP contribution in [-0.4, -0.2) is 47.1 Å². The normalized spacial score (nSPS) is 19.6. The Morgan fingerprint density at radius 3 is 2.79 bits per heavy atom. The van der Waals surface area contributed by atoms with E-state index >= 15 is 0 Å². The van der Waals surface area contributed by atoms with E-state index in [2.05, 4.69) is 16.9 Å². The van der Waals surface area contributed by atoms with E-state index in [1.165, 1.54) is 16.6 Å². The molecule has 2 aromatic rings. The zero-order chi connectivity index (χ0) is 21.0. The van der Waals surface area contributed by atoms with Crippen LogP contribution in [0, 0.1) is 11.3 Å². The Morgan fingerprint density at radius 1 is 1.41 bits per heavy atom. The van der Waals surface area contributed by atoms with Crippen LogP contribution in [0.5, 0.6) is 0 Å². The van der Waals surface area contributed by atoms with Crippen molar-refractivity contribution in [2.45, 2.75) is 26.1 Å². The van der Waals surface area contributed by atoms with Gasteiger partial charge in [-0.15, -0.1) is 6.58 Å². The molecule has 8 heteroatoms. The third kappa shape index (κ3) is 4.36. The highest BCUT2D eigenvalue weighted by molar-refractivity contribution is 6.02. The number of fused-ring (bicyclic) bond motifs is 1. The Kier molecular flexibility index (Phi) is 6.10. The van der Waals surface area contributed by atoms with E-state index in [0.29, 0.717) is 24.6 Å². The molecule has 0 aromatic carbocycles. The fourth-order valence-electron chi connectivity index (χ4n) is 3.36. The van der Waals surface area contributed by atoms with Gasteiger partial charge in [0.25, 0.3) is 11.5 Å². The lowest BCUT2D eigenvalue weighted by Crippen LogP contribution is -2.46. The number of amides is 1. The van der Waals surface area contributed by atoms with Gasteiger partial charge in [-0.1, -0.05) is 12.1 Å². The number of hydrogen-bond donors (Lipinski definition) is 1. The molecule has 2 atom stereocenters. The van der Waals surface area contributed by atoms with Crippen molar-refractivity contribution in [3.63, 3.8) is 0 Å². The summed E-state index contributed by atoms with van der Waals surface area (Å²) in [6, 6.07) is 7.15. The molecule has 1 N–H and O–H groups in total. The van der Waals surface area contributed by atoms with Gasteiger partial charge in [0.1, 0.15) is 23.1 Å². The topological polar surface area (TPSA) is 99.7 Å². The summed E-state index contributed by atoms with van der Waals surface area (Å²) in [5.41, 5.74) is 0.172. The summed E-state index contributed by atoms with van der Waals surface area (Å²) in [6.07, 6.45) is 4.35. The van der Waals surface area contributed by atoms with Gasteiger partial charge in [0.05, 0.1) is 17.8 Å². The number of pyridine rings is 1. The number of hydrogen-bond acceptors (Lipinski definition) is 6. The molecule has 0 aliphatic carbocycles. The Labute approximate surface area is 168 Å². The van der Waals surface area contributed by atoms with Gasteiger partial charge in [-0.25, -0.2) is 4.98 Å². The molecule has 0 unspecified atom stereocenters. The number of rotatable bonds is 5. The first kappa shape index (κ1) is 20.3. The van der Waals surface area contributed by atoms with Crippen LogP contribution >= 0.6 is 0 Å². The van der Waals surface area contributed by atoms with Crippen LogP contribution in [0.3, 0.4) is 0 Å². The van der Waals surface area contributed by atoms with Crippen molar-refractivity contribution < 1.29 is 9.53 Å². The molecule has 29 heavy (non-hydrogen) atoms. The quantitative estimate of drug-likeness (QED) is 0.470. The number of nitrogens with one attached hydrogen (secondary N) is 1. The molecule has 3 heterocycles. The minimum Gasteiger partial charge on any atom is -0.372 e. The standard InChI is InChI=1S/C21H23N5O3/c1-4-8-23-20(27)16(11-22)10-17-19(25-12-14(2)29-15(3)13-25)24-18-7-5-6-9-26(18)21(17)28/h4-7,9-10,14-15H,1,8,12-13H2,2-3H3,(H,23,27)/b16-10+/t14-,15-/m0/s1. The minimum absolute atomic E-state index is 0.0436. The zero-order valence-corrected chi connectivity index (χ0v) is 16.5. The molecule has 1 amide bonds. The third-order valence-corrected chi connectivity index (χ3v) is 4.53. The van der Waals surface area contributed by atoms with E-state index in [1.54, 1.807) is 24.4 Å². The summed E-state index contributed by atoms with van der Waals surface area (Å²) >= 11 is 0. The Bertz CT molecular complexity index is 1060. The van der Waals surface area contributed by atoms with Gasteiger partial charge in [-0.2, -0.15) is 5.26 Å². The number of carbonyl (C=O) groups is 1. The molecule has 0 bridgehead atoms. The van der Waals surface area contributed by atoms with Crippen LogP contribution < -0.4 is 15.8 Å². The lowest BCUT2D eigenvalue weighted by atomic mass is 10.1. The van der Waals surface area contributed by atoms with Gasteiger partial charge >= 0.3 is 0 Å². The maximum Gasteiger partial charge on any atom is 0.267 e. The van der Waals surface area contributed by atoms with Gasteiger partial charge < -0.3 is 15.0 Å². The van der Waals surface area contributed by atoms with Crippen molar-refractivity contribution >= 4 is 23.4 Å². The SMILES string of the molecule is C=CCNC(=O)/C(C#N)=C/c1c(N2C[C@H](C)O[C@@H](C)C2)nc2ccccn2c1=O. The number of aromatic nitrogens is 2. The van der Waals surface area contributed by atoms with Gasteiger partial charge in [0.2, 0.25) is 0 Å². The lowest BCUT2D eigenvalue weighted by Gasteiger charge is -2.36. The van der Waals surface area contributed by atoms with Crippen molar-refractivity contribution in [2.24, 2.45) is 0 Å². The van der Waals surface area contributed by atoms with E-state index in [1.807, 2.05) is 24.8 Å². The van der Waals surface area contributed by atoms with Crippen LogP contribution in [0.2, 0.25) is 0 Å². The molecule has 0 spiro atoms. The lowest BCUT2D eigenvalue weighted by molar-refractivity contribution is -0.116. The van der Waals surface area contributed by atoms with E-state index < -0.39 is 5.91 Å². The Morgan fingerprint density at radius 2 is 2.14 bits per heavy atom. The highest BCUT2D eigenvalue weighted by Gasteiger charge is 2.27. The first-order valence-electron chi connectivity index (χ1n) is 9.37. The van der Waals surface area contributed by atoms with E-state index in [4.69, 9.17) is 4.74 Å². The molecule has 150 valence electrons. The summed E-state index contributed by atoms with van der Waals surface area (Å²) in [7, 11) is 0. The fraction of sp³-hybridized carbons (Fsp3) is 0.333. The number of anilines is 1. The number of nitrogens with zero attached hydrogens (tertiary/aromatic N) is 4. The average molecular weight is 393 g/mol. The average Bonchev–Trinajstić information content (AvgIpc) is 2.70. The van der Waals surface area contributed by atoms with Crippen LogP contribution in [0.25, 0.3) is 11.7 Å². The predicted octanol–water partition coefficient (Wildman–Crippen LogP) is 1.52. The molecule has 0 radical (unpaired) electrons. The molecule has 1 fully saturated rings. The van der Waals surface area contributed by atoms with Gasteiger partial charge in [-0.3, -0.25) is 14.0 Å². The molecule has 8 nitrogen and oxygen atoms in total. The predicted molar refractivity (Wildman–Crippen MR) is 110 cm³/mol. The molecular weight excluding hydrogens is 370 g/mol. The molecule has 0 saturated carbocycles. The second-order valence-corrected chi connectivity index (χ2v) is 6.91. The first-order valence-corrected chi connectivity index (χ1v) is 9.37. The second-order valence-electron chi connectivity index (χ2n) is 6.91. The molecule has 3 rings (SSSR count). The first-order chi connectivity index (χ1) is 13.9. The molecule has 2 aromatic heterocycles. The van der Waals surface area contributed by atoms with Gasteiger partial charge in [-0.05, 0) is 32.1 Å². The highest BCUT2D eigenvalue weighted by Crippen LogP contribution is 2.23. The molecule has 1 aliphatic rings. The number of nitriles is 1. The second kappa shape index (κ2) is 8.71. The van der Waals surface area contributed by atoms with Crippen molar-refractivity contribution in [2.75, 3.05) is 24.5 Å². The summed E-state index contributed by atoms with van der Waals surface area (Å²) in [6.45, 7) is 8.76. The zero-order valence-electron chi connectivity index (χ0n) is 16.5. The smallest absolute Gasteiger partial charge is 0.267 e. The van der Waals surface area contributed by atoms with E-state index in [-0.39, 0.29) is 35.4 Å². The van der Waals surface area contributed by atoms with Crippen LogP contribution in [0.1, 0.15) is 19.4 Å². The van der Waals surface area contributed by atoms with Crippen LogP contribution in [0.15, 0.2) is 47.4 Å². The molecule has 1 saturated heterocycles. The van der Waals surface area contributed by atoms with Gasteiger partial charge in [0, 0.05) is 25.8 Å². The van der Waals surface area contributed by atoms with Gasteiger partial charge in [0.15, 0.2) is 0 Å². The number of carbonyl (C=O) groups excluding carboxylic acids is 1. The Hall–Kier alpha value is -3.44. The van der Waals surface area contributed by atoms with Crippen molar-refractivity contribution in [1.82, 2.24) is 14.7 Å². The fourth-order valence-corrected chi connectivity index (χ4v) is 3.36. The summed E-state index contributed by atoms with van der Waals surface area (Å²) in [4.78, 5) is 32.1. The van der Waals surface area contributed by atoms with Crippen LogP contribution in [-0.2, 0) is 9.53 Å². The van der Waals surface area contributed by atoms with E-state index in [0.717, 1.165) is 0 Å². The largest absolute Gasteiger partial charge is 0.372 e. The maximum atomic E-state index is 13.2. The van der Waals surface area contributed by atoms with Crippen molar-refractivity contribution in [3.8, 4) is 6.07 Å². The number of morpholine rings is 1. The van der Waals surface area contributed by atoms with Crippen LogP contribution in [0.4, 0.5) is 5.82 Å². The van der Waals surface area contributed by atoms with Crippen molar-refractivity contribution in [3.05, 3.63) is 58.5 Å². The summed E-state index contributed by atoms with van der Waals surface area (Å²) in [5, 5.41) is 12.0.